The van der Waals surface area contributed by atoms with E-state index in [9.17, 15) is 4.79 Å². The third-order valence-corrected chi connectivity index (χ3v) is 3.77. The maximum Gasteiger partial charge on any atom is 0.331 e. The number of carbonyl (C=O) groups excluding carboxylic acids is 1. The summed E-state index contributed by atoms with van der Waals surface area (Å²) in [4.78, 5) is 20.2. The summed E-state index contributed by atoms with van der Waals surface area (Å²) < 4.78 is 22.0. The van der Waals surface area contributed by atoms with Gasteiger partial charge in [0.1, 0.15) is 11.1 Å². The number of hydrogen-bond donors (Lipinski definition) is 0. The van der Waals surface area contributed by atoms with Crippen LogP contribution < -0.4 is 0 Å². The van der Waals surface area contributed by atoms with Crippen molar-refractivity contribution in [1.29, 1.82) is 0 Å². The van der Waals surface area contributed by atoms with Crippen molar-refractivity contribution in [1.82, 2.24) is 14.5 Å². The van der Waals surface area contributed by atoms with Crippen LogP contribution in [-0.2, 0) is 16.6 Å². The Hall–Kier alpha value is -3.02. The first-order chi connectivity index (χ1) is 12.3. The smallest absolute Gasteiger partial charge is 0.331 e. The van der Waals surface area contributed by atoms with Crippen LogP contribution in [0.4, 0.5) is 4.39 Å². The molecule has 2 heterocycles. The third-order valence-electron chi connectivity index (χ3n) is 3.77. The predicted molar refractivity (Wildman–Crippen MR) is 98.8 cm³/mol. The van der Waals surface area contributed by atoms with Gasteiger partial charge < -0.3 is 9.30 Å². The van der Waals surface area contributed by atoms with Crippen molar-refractivity contribution in [3.05, 3.63) is 54.4 Å². The SMILES string of the molecule is Cn1cnc2ccc(-c3ccncc3C=CC(=O)OC(C)(C)C)c(F)c21. The molecule has 2 aromatic heterocycles. The van der Waals surface area contributed by atoms with Crippen molar-refractivity contribution in [3.63, 3.8) is 0 Å². The zero-order valence-electron chi connectivity index (χ0n) is 15.2. The first-order valence-corrected chi connectivity index (χ1v) is 8.21. The number of esters is 1. The van der Waals surface area contributed by atoms with E-state index in [0.29, 0.717) is 27.7 Å². The van der Waals surface area contributed by atoms with E-state index in [1.165, 1.54) is 6.08 Å². The third kappa shape index (κ3) is 3.64. The fraction of sp³-hybridized carbons (Fsp3) is 0.250. The maximum absolute atomic E-state index is 15.1. The van der Waals surface area contributed by atoms with Gasteiger partial charge in [-0.2, -0.15) is 0 Å². The Kier molecular flexibility index (Phi) is 4.59. The summed E-state index contributed by atoms with van der Waals surface area (Å²) >= 11 is 0. The van der Waals surface area contributed by atoms with E-state index in [1.807, 2.05) is 0 Å². The van der Waals surface area contributed by atoms with Crippen LogP contribution in [0, 0.1) is 5.82 Å². The molecule has 3 aromatic rings. The molecule has 1 aromatic carbocycles. The Morgan fingerprint density at radius 3 is 2.73 bits per heavy atom. The Morgan fingerprint density at radius 2 is 2.00 bits per heavy atom. The van der Waals surface area contributed by atoms with E-state index in [0.717, 1.165) is 0 Å². The molecule has 3 rings (SSSR count). The molecular formula is C20H20FN3O2. The van der Waals surface area contributed by atoms with E-state index in [1.54, 1.807) is 75.4 Å². The summed E-state index contributed by atoms with van der Waals surface area (Å²) in [6.45, 7) is 5.40. The Labute approximate surface area is 151 Å². The van der Waals surface area contributed by atoms with Crippen molar-refractivity contribution in [2.24, 2.45) is 7.05 Å². The number of pyridine rings is 1. The Balaban J connectivity index is 2.02. The predicted octanol–water partition coefficient (Wildman–Crippen LogP) is 4.13. The highest BCUT2D eigenvalue weighted by atomic mass is 19.1. The molecule has 0 unspecified atom stereocenters. The first-order valence-electron chi connectivity index (χ1n) is 8.21. The average molecular weight is 353 g/mol. The number of benzene rings is 1. The van der Waals surface area contributed by atoms with Crippen LogP contribution in [-0.4, -0.2) is 26.1 Å². The number of fused-ring (bicyclic) bond motifs is 1. The van der Waals surface area contributed by atoms with E-state index in [-0.39, 0.29) is 5.82 Å². The molecule has 0 saturated carbocycles. The molecule has 0 atom stereocenters. The highest BCUT2D eigenvalue weighted by Gasteiger charge is 2.16. The van der Waals surface area contributed by atoms with E-state index in [2.05, 4.69) is 9.97 Å². The van der Waals surface area contributed by atoms with Crippen LogP contribution in [0.5, 0.6) is 0 Å². The number of imidazole rings is 1. The number of aromatic nitrogens is 3. The minimum atomic E-state index is -0.574. The molecule has 0 saturated heterocycles. The summed E-state index contributed by atoms with van der Waals surface area (Å²) in [6, 6.07) is 5.18. The second-order valence-corrected chi connectivity index (χ2v) is 6.98. The molecule has 0 spiro atoms. The van der Waals surface area contributed by atoms with Crippen molar-refractivity contribution in [2.45, 2.75) is 26.4 Å². The van der Waals surface area contributed by atoms with Gasteiger partial charge in [-0.3, -0.25) is 4.98 Å². The molecule has 0 amide bonds. The van der Waals surface area contributed by atoms with Gasteiger partial charge in [-0.15, -0.1) is 0 Å². The molecule has 0 aliphatic carbocycles. The lowest BCUT2D eigenvalue weighted by molar-refractivity contribution is -0.148. The molecule has 0 aliphatic rings. The second kappa shape index (κ2) is 6.71. The second-order valence-electron chi connectivity index (χ2n) is 6.98. The number of nitrogens with zero attached hydrogens (tertiary/aromatic N) is 3. The van der Waals surface area contributed by atoms with Gasteiger partial charge in [-0.1, -0.05) is 0 Å². The topological polar surface area (TPSA) is 57.0 Å². The van der Waals surface area contributed by atoms with Gasteiger partial charge in [0.25, 0.3) is 0 Å². The minimum Gasteiger partial charge on any atom is -0.457 e. The van der Waals surface area contributed by atoms with Crippen LogP contribution in [0.25, 0.3) is 28.2 Å². The fourth-order valence-electron chi connectivity index (χ4n) is 2.69. The van der Waals surface area contributed by atoms with Crippen molar-refractivity contribution in [2.75, 3.05) is 0 Å². The van der Waals surface area contributed by atoms with Crippen LogP contribution in [0.2, 0.25) is 0 Å². The van der Waals surface area contributed by atoms with Gasteiger partial charge in [0.2, 0.25) is 0 Å². The maximum atomic E-state index is 15.1. The molecule has 6 heteroatoms. The van der Waals surface area contributed by atoms with Crippen LogP contribution >= 0.6 is 0 Å². The lowest BCUT2D eigenvalue weighted by Gasteiger charge is -2.18. The summed E-state index contributed by atoms with van der Waals surface area (Å²) in [5, 5.41) is 0. The van der Waals surface area contributed by atoms with Gasteiger partial charge in [0.15, 0.2) is 5.82 Å². The van der Waals surface area contributed by atoms with Crippen LogP contribution in [0.15, 0.2) is 43.0 Å². The van der Waals surface area contributed by atoms with E-state index < -0.39 is 11.6 Å². The first kappa shape index (κ1) is 17.8. The molecular weight excluding hydrogens is 333 g/mol. The highest BCUT2D eigenvalue weighted by Crippen LogP contribution is 2.30. The quantitative estimate of drug-likeness (QED) is 0.525. The van der Waals surface area contributed by atoms with Crippen LogP contribution in [0.3, 0.4) is 0 Å². The Morgan fingerprint density at radius 1 is 1.23 bits per heavy atom. The van der Waals surface area contributed by atoms with Gasteiger partial charge in [0.05, 0.1) is 11.8 Å². The number of halogens is 1. The molecule has 0 aliphatic heterocycles. The lowest BCUT2D eigenvalue weighted by Crippen LogP contribution is -2.22. The Bertz CT molecular complexity index is 1000. The molecule has 0 bridgehead atoms. The van der Waals surface area contributed by atoms with Gasteiger partial charge in [-0.25, -0.2) is 14.2 Å². The average Bonchev–Trinajstić information content (AvgIpc) is 2.94. The van der Waals surface area contributed by atoms with E-state index in [4.69, 9.17) is 4.74 Å². The number of carbonyl (C=O) groups is 1. The van der Waals surface area contributed by atoms with Gasteiger partial charge in [-0.05, 0) is 50.6 Å². The van der Waals surface area contributed by atoms with Gasteiger partial charge >= 0.3 is 5.97 Å². The van der Waals surface area contributed by atoms with Gasteiger partial charge in [0, 0.05) is 36.6 Å². The molecule has 134 valence electrons. The highest BCUT2D eigenvalue weighted by molar-refractivity contribution is 5.90. The number of rotatable bonds is 3. The summed E-state index contributed by atoms with van der Waals surface area (Å²) in [6.07, 6.45) is 7.67. The van der Waals surface area contributed by atoms with Crippen molar-refractivity contribution in [3.8, 4) is 11.1 Å². The molecule has 0 fully saturated rings. The summed E-state index contributed by atoms with van der Waals surface area (Å²) in [5.41, 5.74) is 2.14. The van der Waals surface area contributed by atoms with Crippen molar-refractivity contribution < 1.29 is 13.9 Å². The minimum absolute atomic E-state index is 0.361. The zero-order chi connectivity index (χ0) is 18.9. The molecule has 5 nitrogen and oxygen atoms in total. The number of aryl methyl sites for hydroxylation is 1. The lowest BCUT2D eigenvalue weighted by atomic mass is 10.00. The monoisotopic (exact) mass is 353 g/mol. The standard InChI is InChI=1S/C20H20FN3O2/c1-20(2,3)26-17(25)8-5-13-11-22-10-9-14(13)15-6-7-16-19(18(15)21)24(4)12-23-16/h5-12H,1-4H3. The fourth-order valence-corrected chi connectivity index (χ4v) is 2.69. The molecule has 26 heavy (non-hydrogen) atoms. The largest absolute Gasteiger partial charge is 0.457 e. The van der Waals surface area contributed by atoms with E-state index >= 15 is 4.39 Å². The molecule has 0 radical (unpaired) electrons. The molecule has 0 N–H and O–H groups in total. The summed E-state index contributed by atoms with van der Waals surface area (Å²) in [5.74, 6) is -0.824. The normalized spacial score (nSPS) is 12.0. The van der Waals surface area contributed by atoms with Crippen LogP contribution in [0.1, 0.15) is 26.3 Å². The number of hydrogen-bond acceptors (Lipinski definition) is 4. The summed E-state index contributed by atoms with van der Waals surface area (Å²) in [7, 11) is 1.75. The van der Waals surface area contributed by atoms with Crippen molar-refractivity contribution >= 4 is 23.1 Å². The zero-order valence-corrected chi connectivity index (χ0v) is 15.2. The number of ether oxygens (including phenoxy) is 1.